The second-order valence-corrected chi connectivity index (χ2v) is 6.92. The van der Waals surface area contributed by atoms with Crippen LogP contribution < -0.4 is 14.8 Å². The molecule has 1 aliphatic rings. The first-order valence-electron chi connectivity index (χ1n) is 9.18. The predicted molar refractivity (Wildman–Crippen MR) is 99.8 cm³/mol. The van der Waals surface area contributed by atoms with Crippen molar-refractivity contribution in [2.45, 2.75) is 32.7 Å². The second-order valence-electron chi connectivity index (χ2n) is 6.92. The fourth-order valence-corrected chi connectivity index (χ4v) is 2.59. The number of ether oxygens (including phenoxy) is 2. The lowest BCUT2D eigenvalue weighted by Crippen LogP contribution is -2.35. The third-order valence-electron chi connectivity index (χ3n) is 4.19. The normalized spacial score (nSPS) is 14.6. The molecule has 1 N–H and O–H groups in total. The molecule has 28 heavy (non-hydrogen) atoms. The molecule has 0 spiro atoms. The van der Waals surface area contributed by atoms with Crippen LogP contribution in [0, 0.1) is 5.92 Å². The van der Waals surface area contributed by atoms with Crippen LogP contribution in [0.25, 0.3) is 22.7 Å². The van der Waals surface area contributed by atoms with Crippen molar-refractivity contribution < 1.29 is 18.7 Å². The predicted octanol–water partition coefficient (Wildman–Crippen LogP) is 2.37. The minimum absolute atomic E-state index is 0.107. The Morgan fingerprint density at radius 3 is 2.75 bits per heavy atom. The van der Waals surface area contributed by atoms with Gasteiger partial charge in [-0.25, -0.2) is 19.9 Å². The lowest BCUT2D eigenvalue weighted by Gasteiger charge is -2.12. The highest BCUT2D eigenvalue weighted by Crippen LogP contribution is 2.29. The number of amides is 1. The molecule has 3 heterocycles. The first kappa shape index (κ1) is 18.1. The Morgan fingerprint density at radius 1 is 1.21 bits per heavy atom. The SMILES string of the molecule is CC(=O)N[C@@H](C)COc1cc2oc(-c3cnc(OCC4CC4)cn3)nc2cn1. The summed E-state index contributed by atoms with van der Waals surface area (Å²) in [5.41, 5.74) is 1.63. The van der Waals surface area contributed by atoms with Crippen LogP contribution in [-0.2, 0) is 4.79 Å². The number of pyridine rings is 1. The molecule has 0 unspecified atom stereocenters. The summed E-state index contributed by atoms with van der Waals surface area (Å²) in [6, 6.07) is 1.53. The van der Waals surface area contributed by atoms with Gasteiger partial charge in [-0.3, -0.25) is 4.79 Å². The molecule has 1 amide bonds. The molecule has 9 heteroatoms. The van der Waals surface area contributed by atoms with Gasteiger partial charge in [0.05, 0.1) is 31.2 Å². The molecule has 146 valence electrons. The number of aromatic nitrogens is 4. The maximum atomic E-state index is 11.0. The summed E-state index contributed by atoms with van der Waals surface area (Å²) in [6.45, 7) is 4.30. The van der Waals surface area contributed by atoms with Crippen molar-refractivity contribution in [1.82, 2.24) is 25.3 Å². The van der Waals surface area contributed by atoms with E-state index >= 15 is 0 Å². The van der Waals surface area contributed by atoms with E-state index in [2.05, 4.69) is 25.3 Å². The second kappa shape index (κ2) is 7.79. The zero-order valence-electron chi connectivity index (χ0n) is 15.7. The number of carbonyl (C=O) groups excluding carboxylic acids is 1. The van der Waals surface area contributed by atoms with Gasteiger partial charge in [-0.2, -0.15) is 0 Å². The number of carbonyl (C=O) groups is 1. The molecule has 0 radical (unpaired) electrons. The Morgan fingerprint density at radius 2 is 2.04 bits per heavy atom. The summed E-state index contributed by atoms with van der Waals surface area (Å²) >= 11 is 0. The van der Waals surface area contributed by atoms with Gasteiger partial charge in [0, 0.05) is 13.0 Å². The largest absolute Gasteiger partial charge is 0.476 e. The molecule has 0 aromatic carbocycles. The summed E-state index contributed by atoms with van der Waals surface area (Å²) in [5, 5.41) is 2.75. The van der Waals surface area contributed by atoms with E-state index in [0.29, 0.717) is 53.6 Å². The van der Waals surface area contributed by atoms with E-state index in [1.165, 1.54) is 19.8 Å². The molecular formula is C19H21N5O4. The summed E-state index contributed by atoms with van der Waals surface area (Å²) in [4.78, 5) is 28.2. The minimum Gasteiger partial charge on any atom is -0.476 e. The Kier molecular flexibility index (Phi) is 5.05. The molecule has 1 atom stereocenters. The summed E-state index contributed by atoms with van der Waals surface area (Å²) in [7, 11) is 0. The van der Waals surface area contributed by atoms with E-state index in [0.717, 1.165) is 0 Å². The molecule has 0 aliphatic heterocycles. The van der Waals surface area contributed by atoms with Crippen molar-refractivity contribution in [1.29, 1.82) is 0 Å². The van der Waals surface area contributed by atoms with Crippen molar-refractivity contribution in [3.63, 3.8) is 0 Å². The van der Waals surface area contributed by atoms with Crippen LogP contribution in [0.4, 0.5) is 0 Å². The van der Waals surface area contributed by atoms with Gasteiger partial charge in [-0.15, -0.1) is 0 Å². The first-order valence-corrected chi connectivity index (χ1v) is 9.18. The maximum Gasteiger partial charge on any atom is 0.247 e. The van der Waals surface area contributed by atoms with Gasteiger partial charge in [0.15, 0.2) is 5.58 Å². The van der Waals surface area contributed by atoms with Crippen LogP contribution in [0.3, 0.4) is 0 Å². The van der Waals surface area contributed by atoms with Gasteiger partial charge in [0.25, 0.3) is 0 Å². The van der Waals surface area contributed by atoms with Crippen molar-refractivity contribution in [2.75, 3.05) is 13.2 Å². The zero-order valence-corrected chi connectivity index (χ0v) is 15.7. The highest BCUT2D eigenvalue weighted by Gasteiger charge is 2.22. The number of fused-ring (bicyclic) bond motifs is 1. The topological polar surface area (TPSA) is 112 Å². The smallest absolute Gasteiger partial charge is 0.247 e. The van der Waals surface area contributed by atoms with Gasteiger partial charge >= 0.3 is 0 Å². The molecular weight excluding hydrogens is 362 g/mol. The van der Waals surface area contributed by atoms with Crippen LogP contribution in [-0.4, -0.2) is 45.1 Å². The van der Waals surface area contributed by atoms with E-state index in [-0.39, 0.29) is 11.9 Å². The van der Waals surface area contributed by atoms with Gasteiger partial charge in [0.1, 0.15) is 17.8 Å². The van der Waals surface area contributed by atoms with Crippen molar-refractivity contribution in [2.24, 2.45) is 5.92 Å². The van der Waals surface area contributed by atoms with Gasteiger partial charge < -0.3 is 19.2 Å². The monoisotopic (exact) mass is 383 g/mol. The van der Waals surface area contributed by atoms with E-state index in [9.17, 15) is 4.79 Å². The minimum atomic E-state index is -0.129. The Bertz CT molecular complexity index is 968. The Hall–Kier alpha value is -3.23. The Balaban J connectivity index is 1.43. The number of nitrogens with one attached hydrogen (secondary N) is 1. The Labute approximate surface area is 161 Å². The molecule has 4 rings (SSSR count). The molecule has 3 aromatic rings. The fraction of sp³-hybridized carbons (Fsp3) is 0.421. The van der Waals surface area contributed by atoms with Crippen LogP contribution in [0.5, 0.6) is 11.8 Å². The van der Waals surface area contributed by atoms with Crippen molar-refractivity contribution in [3.05, 3.63) is 24.7 Å². The van der Waals surface area contributed by atoms with E-state index in [1.54, 1.807) is 24.7 Å². The molecule has 1 fully saturated rings. The number of hydrogen-bond donors (Lipinski definition) is 1. The van der Waals surface area contributed by atoms with Gasteiger partial charge in [-0.05, 0) is 25.7 Å². The van der Waals surface area contributed by atoms with Crippen LogP contribution in [0.1, 0.15) is 26.7 Å². The fourth-order valence-electron chi connectivity index (χ4n) is 2.59. The number of oxazole rings is 1. The summed E-state index contributed by atoms with van der Waals surface area (Å²) < 4.78 is 17.0. The maximum absolute atomic E-state index is 11.0. The van der Waals surface area contributed by atoms with Crippen LogP contribution in [0.2, 0.25) is 0 Å². The van der Waals surface area contributed by atoms with E-state index in [1.807, 2.05) is 6.92 Å². The summed E-state index contributed by atoms with van der Waals surface area (Å²) in [6.07, 6.45) is 7.16. The van der Waals surface area contributed by atoms with E-state index in [4.69, 9.17) is 13.9 Å². The average molecular weight is 383 g/mol. The summed E-state index contributed by atoms with van der Waals surface area (Å²) in [5.74, 6) is 1.79. The third kappa shape index (κ3) is 4.54. The number of nitrogens with zero attached hydrogens (tertiary/aromatic N) is 4. The molecule has 1 saturated carbocycles. The average Bonchev–Trinajstić information content (AvgIpc) is 3.41. The lowest BCUT2D eigenvalue weighted by molar-refractivity contribution is -0.119. The zero-order chi connectivity index (χ0) is 19.5. The van der Waals surface area contributed by atoms with E-state index < -0.39 is 0 Å². The standard InChI is InChI=1S/C19H21N5O4/c1-11(23-12(2)25)9-26-17-5-16-14(6-21-17)24-19(28-16)15-7-22-18(8-20-15)27-10-13-3-4-13/h5-8,11,13H,3-4,9-10H2,1-2H3,(H,23,25)/t11-/m0/s1. The third-order valence-corrected chi connectivity index (χ3v) is 4.19. The molecule has 0 saturated heterocycles. The van der Waals surface area contributed by atoms with Crippen LogP contribution in [0.15, 0.2) is 29.1 Å². The van der Waals surface area contributed by atoms with Crippen molar-refractivity contribution >= 4 is 17.0 Å². The highest BCUT2D eigenvalue weighted by atomic mass is 16.5. The lowest BCUT2D eigenvalue weighted by atomic mass is 10.3. The molecule has 1 aliphatic carbocycles. The number of hydrogen-bond acceptors (Lipinski definition) is 8. The van der Waals surface area contributed by atoms with Gasteiger partial charge in [-0.1, -0.05) is 0 Å². The molecule has 3 aromatic heterocycles. The number of rotatable bonds is 8. The molecule has 0 bridgehead atoms. The molecule has 9 nitrogen and oxygen atoms in total. The quantitative estimate of drug-likeness (QED) is 0.631. The first-order chi connectivity index (χ1) is 13.6. The van der Waals surface area contributed by atoms with Crippen molar-refractivity contribution in [3.8, 4) is 23.3 Å². The van der Waals surface area contributed by atoms with Crippen LogP contribution >= 0.6 is 0 Å². The van der Waals surface area contributed by atoms with Gasteiger partial charge in [0.2, 0.25) is 23.6 Å². The highest BCUT2D eigenvalue weighted by molar-refractivity contribution is 5.75.